The van der Waals surface area contributed by atoms with Crippen LogP contribution >= 0.6 is 11.8 Å². The molecule has 0 aliphatic carbocycles. The van der Waals surface area contributed by atoms with Gasteiger partial charge in [-0.25, -0.2) is 4.39 Å². The third-order valence-electron chi connectivity index (χ3n) is 3.64. The lowest BCUT2D eigenvalue weighted by Gasteiger charge is -2.30. The zero-order chi connectivity index (χ0) is 14.5. The molecule has 3 N–H and O–H groups in total. The number of anilines is 2. The van der Waals surface area contributed by atoms with Gasteiger partial charge in [-0.1, -0.05) is 13.8 Å². The van der Waals surface area contributed by atoms with Gasteiger partial charge in [0.2, 0.25) is 0 Å². The van der Waals surface area contributed by atoms with Gasteiger partial charge in [-0.05, 0) is 19.1 Å². The van der Waals surface area contributed by atoms with Gasteiger partial charge in [0.25, 0.3) is 0 Å². The van der Waals surface area contributed by atoms with E-state index < -0.39 is 0 Å². The van der Waals surface area contributed by atoms with Crippen LogP contribution in [0.25, 0.3) is 0 Å². The zero-order valence-electron chi connectivity index (χ0n) is 12.0. The van der Waals surface area contributed by atoms with Crippen LogP contribution in [0, 0.1) is 5.82 Å². The number of benzene rings is 1. The van der Waals surface area contributed by atoms with E-state index in [9.17, 15) is 4.39 Å². The number of methoxy groups -OCH3 is 1. The molecule has 0 bridgehead atoms. The smallest absolute Gasteiger partial charge is 0.148 e. The molecule has 0 spiro atoms. The Morgan fingerprint density at radius 3 is 2.47 bits per heavy atom. The maximum atomic E-state index is 13.8. The van der Waals surface area contributed by atoms with Crippen molar-refractivity contribution in [2.45, 2.75) is 31.4 Å². The second-order valence-electron chi connectivity index (χ2n) is 4.52. The largest absolute Gasteiger partial charge is 0.495 e. The highest BCUT2D eigenvalue weighted by Gasteiger charge is 2.25. The number of ether oxygens (including phenoxy) is 1. The fourth-order valence-corrected chi connectivity index (χ4v) is 2.79. The first-order valence-corrected chi connectivity index (χ1v) is 7.66. The molecule has 0 aliphatic heterocycles. The summed E-state index contributed by atoms with van der Waals surface area (Å²) in [5.41, 5.74) is 6.41. The van der Waals surface area contributed by atoms with Crippen molar-refractivity contribution in [2.24, 2.45) is 0 Å². The van der Waals surface area contributed by atoms with Crippen molar-refractivity contribution < 1.29 is 9.13 Å². The van der Waals surface area contributed by atoms with Crippen molar-refractivity contribution in [3.63, 3.8) is 0 Å². The summed E-state index contributed by atoms with van der Waals surface area (Å²) >= 11 is 1.81. The monoisotopic (exact) mass is 286 g/mol. The topological polar surface area (TPSA) is 47.3 Å². The number of rotatable bonds is 7. The van der Waals surface area contributed by atoms with Gasteiger partial charge in [0.05, 0.1) is 18.5 Å². The van der Waals surface area contributed by atoms with Crippen LogP contribution in [0.2, 0.25) is 0 Å². The predicted molar refractivity (Wildman–Crippen MR) is 82.7 cm³/mol. The summed E-state index contributed by atoms with van der Waals surface area (Å²) in [4.78, 5) is 0. The van der Waals surface area contributed by atoms with Crippen molar-refractivity contribution in [3.8, 4) is 5.75 Å². The number of nitrogens with one attached hydrogen (secondary N) is 1. The van der Waals surface area contributed by atoms with E-state index in [1.165, 1.54) is 13.2 Å². The van der Waals surface area contributed by atoms with Gasteiger partial charge >= 0.3 is 0 Å². The number of hydrogen-bond donors (Lipinski definition) is 2. The van der Waals surface area contributed by atoms with Crippen molar-refractivity contribution >= 4 is 23.1 Å². The van der Waals surface area contributed by atoms with Gasteiger partial charge in [0.1, 0.15) is 11.6 Å². The van der Waals surface area contributed by atoms with E-state index in [4.69, 9.17) is 10.5 Å². The molecule has 0 saturated heterocycles. The van der Waals surface area contributed by atoms with E-state index in [1.807, 2.05) is 11.8 Å². The third kappa shape index (κ3) is 3.69. The van der Waals surface area contributed by atoms with Gasteiger partial charge in [0, 0.05) is 23.4 Å². The molecular weight excluding hydrogens is 263 g/mol. The number of hydrogen-bond acceptors (Lipinski definition) is 4. The molecule has 0 unspecified atom stereocenters. The Bertz CT molecular complexity index is 414. The average Bonchev–Trinajstić information content (AvgIpc) is 2.43. The Morgan fingerprint density at radius 2 is 2.00 bits per heavy atom. The van der Waals surface area contributed by atoms with Crippen LogP contribution in [-0.2, 0) is 0 Å². The van der Waals surface area contributed by atoms with Crippen LogP contribution < -0.4 is 15.8 Å². The van der Waals surface area contributed by atoms with E-state index in [0.717, 1.165) is 12.8 Å². The minimum atomic E-state index is -0.347. The van der Waals surface area contributed by atoms with Gasteiger partial charge < -0.3 is 15.8 Å². The average molecular weight is 286 g/mol. The van der Waals surface area contributed by atoms with Gasteiger partial charge in [0.15, 0.2) is 0 Å². The summed E-state index contributed by atoms with van der Waals surface area (Å²) in [6.07, 6.45) is 4.16. The molecule has 0 aromatic heterocycles. The summed E-state index contributed by atoms with van der Waals surface area (Å²) < 4.78 is 19.1. The maximum Gasteiger partial charge on any atom is 0.148 e. The fraction of sp³-hybridized carbons (Fsp3) is 0.571. The zero-order valence-corrected chi connectivity index (χ0v) is 12.9. The predicted octanol–water partition coefficient (Wildman–Crippen LogP) is 3.75. The molecular formula is C14H23FN2OS. The Labute approximate surface area is 119 Å². The van der Waals surface area contributed by atoms with Crippen molar-refractivity contribution in [1.82, 2.24) is 0 Å². The Hall–Kier alpha value is -1.10. The molecule has 19 heavy (non-hydrogen) atoms. The molecule has 5 heteroatoms. The highest BCUT2D eigenvalue weighted by molar-refractivity contribution is 8.00. The summed E-state index contributed by atoms with van der Waals surface area (Å²) in [6, 6.07) is 2.90. The second-order valence-corrected chi connectivity index (χ2v) is 5.80. The minimum absolute atomic E-state index is 0.126. The molecule has 1 aromatic carbocycles. The quantitative estimate of drug-likeness (QED) is 0.749. The van der Waals surface area contributed by atoms with Gasteiger partial charge in [-0.2, -0.15) is 11.8 Å². The van der Waals surface area contributed by atoms with Crippen molar-refractivity contribution in [3.05, 3.63) is 17.9 Å². The van der Waals surface area contributed by atoms with Crippen LogP contribution in [0.4, 0.5) is 15.8 Å². The normalized spacial score (nSPS) is 11.4. The third-order valence-corrected chi connectivity index (χ3v) is 5.23. The van der Waals surface area contributed by atoms with Crippen LogP contribution in [-0.4, -0.2) is 24.7 Å². The second kappa shape index (κ2) is 6.89. The number of nitrogen functional groups attached to an aromatic ring is 1. The molecule has 1 rings (SSSR count). The Kier molecular flexibility index (Phi) is 5.79. The SMILES string of the molecule is CCC(CC)(CNc1cc(OC)c(N)cc1F)SC. The summed E-state index contributed by atoms with van der Waals surface area (Å²) in [5, 5.41) is 3.18. The molecule has 0 heterocycles. The Balaban J connectivity index is 2.88. The minimum Gasteiger partial charge on any atom is -0.495 e. The standard InChI is InChI=1S/C14H23FN2OS/c1-5-14(6-2,19-4)9-17-12-8-13(18-3)11(16)7-10(12)15/h7-8,17H,5-6,9,16H2,1-4H3. The molecule has 0 amide bonds. The summed E-state index contributed by atoms with van der Waals surface area (Å²) in [5.74, 6) is 0.146. The highest BCUT2D eigenvalue weighted by atomic mass is 32.2. The number of halogens is 1. The van der Waals surface area contributed by atoms with Crippen molar-refractivity contribution in [2.75, 3.05) is 31.0 Å². The van der Waals surface area contributed by atoms with Crippen LogP contribution in [0.15, 0.2) is 12.1 Å². The lowest BCUT2D eigenvalue weighted by molar-refractivity contribution is 0.416. The molecule has 0 radical (unpaired) electrons. The molecule has 0 atom stereocenters. The van der Waals surface area contributed by atoms with Crippen LogP contribution in [0.5, 0.6) is 5.75 Å². The lowest BCUT2D eigenvalue weighted by Crippen LogP contribution is -2.32. The van der Waals surface area contributed by atoms with Crippen molar-refractivity contribution in [1.29, 1.82) is 0 Å². The summed E-state index contributed by atoms with van der Waals surface area (Å²) in [6.45, 7) is 5.02. The van der Waals surface area contributed by atoms with Crippen LogP contribution in [0.3, 0.4) is 0 Å². The molecule has 1 aromatic rings. The fourth-order valence-electron chi connectivity index (χ4n) is 2.00. The highest BCUT2D eigenvalue weighted by Crippen LogP contribution is 2.33. The molecule has 3 nitrogen and oxygen atoms in total. The van der Waals surface area contributed by atoms with E-state index in [2.05, 4.69) is 25.4 Å². The first-order chi connectivity index (χ1) is 9.01. The van der Waals surface area contributed by atoms with E-state index in [-0.39, 0.29) is 10.6 Å². The molecule has 0 saturated carbocycles. The molecule has 0 aliphatic rings. The van der Waals surface area contributed by atoms with E-state index in [0.29, 0.717) is 23.7 Å². The first kappa shape index (κ1) is 16.0. The van der Waals surface area contributed by atoms with Gasteiger partial charge in [-0.3, -0.25) is 0 Å². The molecule has 108 valence electrons. The van der Waals surface area contributed by atoms with E-state index >= 15 is 0 Å². The van der Waals surface area contributed by atoms with E-state index in [1.54, 1.807) is 6.07 Å². The van der Waals surface area contributed by atoms with Gasteiger partial charge in [-0.15, -0.1) is 0 Å². The number of thioether (sulfide) groups is 1. The molecule has 0 fully saturated rings. The Morgan fingerprint density at radius 1 is 1.37 bits per heavy atom. The van der Waals surface area contributed by atoms with Crippen LogP contribution in [0.1, 0.15) is 26.7 Å². The number of nitrogens with two attached hydrogens (primary N) is 1. The maximum absolute atomic E-state index is 13.8. The lowest BCUT2D eigenvalue weighted by atomic mass is 10.0. The first-order valence-electron chi connectivity index (χ1n) is 6.44. The summed E-state index contributed by atoms with van der Waals surface area (Å²) in [7, 11) is 1.53.